The van der Waals surface area contributed by atoms with E-state index in [4.69, 9.17) is 5.73 Å². The van der Waals surface area contributed by atoms with Gasteiger partial charge in [0.1, 0.15) is 12.1 Å². The molecule has 164 valence electrons. The summed E-state index contributed by atoms with van der Waals surface area (Å²) < 4.78 is 0. The van der Waals surface area contributed by atoms with E-state index in [1.807, 2.05) is 18.2 Å². The van der Waals surface area contributed by atoms with Gasteiger partial charge in [0.2, 0.25) is 17.7 Å². The SMILES string of the molecule is CN[C@@H](C)C(=O)N[C@H]1CCCC[C@H]2CC[C@@H](C(=O)NCc3cccc(N)c3)N2C1=O. The van der Waals surface area contributed by atoms with Crippen molar-refractivity contribution < 1.29 is 14.4 Å². The third kappa shape index (κ3) is 5.11. The summed E-state index contributed by atoms with van der Waals surface area (Å²) in [6, 6.07) is 5.98. The van der Waals surface area contributed by atoms with Crippen LogP contribution in [0.1, 0.15) is 51.0 Å². The van der Waals surface area contributed by atoms with Crippen molar-refractivity contribution in [2.24, 2.45) is 0 Å². The van der Waals surface area contributed by atoms with Crippen LogP contribution >= 0.6 is 0 Å². The van der Waals surface area contributed by atoms with Crippen molar-refractivity contribution in [3.63, 3.8) is 0 Å². The number of nitrogen functional groups attached to an aromatic ring is 1. The van der Waals surface area contributed by atoms with E-state index in [0.717, 1.165) is 31.2 Å². The van der Waals surface area contributed by atoms with Crippen LogP contribution in [-0.4, -0.2) is 53.8 Å². The molecule has 30 heavy (non-hydrogen) atoms. The number of anilines is 1. The maximum Gasteiger partial charge on any atom is 0.246 e. The summed E-state index contributed by atoms with van der Waals surface area (Å²) in [7, 11) is 1.71. The molecule has 0 unspecified atom stereocenters. The maximum absolute atomic E-state index is 13.4. The topological polar surface area (TPSA) is 117 Å². The van der Waals surface area contributed by atoms with Crippen LogP contribution in [-0.2, 0) is 20.9 Å². The van der Waals surface area contributed by atoms with Crippen LogP contribution in [0.25, 0.3) is 0 Å². The number of fused-ring (bicyclic) bond motifs is 1. The fraction of sp³-hybridized carbons (Fsp3) is 0.591. The number of hydrogen-bond acceptors (Lipinski definition) is 5. The fourth-order valence-electron chi connectivity index (χ4n) is 4.36. The highest BCUT2D eigenvalue weighted by Crippen LogP contribution is 2.31. The Labute approximate surface area is 177 Å². The Balaban J connectivity index is 1.69. The highest BCUT2D eigenvalue weighted by atomic mass is 16.2. The largest absolute Gasteiger partial charge is 0.399 e. The second-order valence-corrected chi connectivity index (χ2v) is 8.31. The van der Waals surface area contributed by atoms with Crippen molar-refractivity contribution in [1.82, 2.24) is 20.9 Å². The van der Waals surface area contributed by atoms with E-state index in [1.54, 1.807) is 24.9 Å². The van der Waals surface area contributed by atoms with Gasteiger partial charge in [0.05, 0.1) is 6.04 Å². The van der Waals surface area contributed by atoms with Gasteiger partial charge in [-0.15, -0.1) is 0 Å². The number of hydrogen-bond donors (Lipinski definition) is 4. The Morgan fingerprint density at radius 2 is 1.97 bits per heavy atom. The van der Waals surface area contributed by atoms with E-state index in [9.17, 15) is 14.4 Å². The third-order valence-corrected chi connectivity index (χ3v) is 6.20. The Bertz CT molecular complexity index is 784. The molecular weight excluding hydrogens is 382 g/mol. The summed E-state index contributed by atoms with van der Waals surface area (Å²) >= 11 is 0. The van der Waals surface area contributed by atoms with Crippen LogP contribution in [0.3, 0.4) is 0 Å². The molecule has 0 aliphatic carbocycles. The van der Waals surface area contributed by atoms with Gasteiger partial charge >= 0.3 is 0 Å². The number of benzene rings is 1. The lowest BCUT2D eigenvalue weighted by atomic mass is 9.98. The quantitative estimate of drug-likeness (QED) is 0.516. The zero-order valence-electron chi connectivity index (χ0n) is 17.8. The first kappa shape index (κ1) is 22.1. The molecule has 1 aromatic carbocycles. The summed E-state index contributed by atoms with van der Waals surface area (Å²) in [6.07, 6.45) is 4.84. The number of carbonyl (C=O) groups excluding carboxylic acids is 3. The van der Waals surface area contributed by atoms with Gasteiger partial charge in [-0.1, -0.05) is 25.0 Å². The first-order valence-corrected chi connectivity index (χ1v) is 10.8. The van der Waals surface area contributed by atoms with Gasteiger partial charge < -0.3 is 26.6 Å². The molecule has 4 atom stereocenters. The summed E-state index contributed by atoms with van der Waals surface area (Å²) in [5.41, 5.74) is 7.38. The summed E-state index contributed by atoms with van der Waals surface area (Å²) in [4.78, 5) is 40.4. The van der Waals surface area contributed by atoms with Crippen molar-refractivity contribution in [2.75, 3.05) is 12.8 Å². The second kappa shape index (κ2) is 9.93. The summed E-state index contributed by atoms with van der Waals surface area (Å²) in [6.45, 7) is 2.13. The molecule has 2 aliphatic heterocycles. The molecule has 5 N–H and O–H groups in total. The van der Waals surface area contributed by atoms with Crippen LogP contribution in [0.2, 0.25) is 0 Å². The van der Waals surface area contributed by atoms with Crippen molar-refractivity contribution >= 4 is 23.4 Å². The molecule has 3 amide bonds. The number of nitrogens with one attached hydrogen (secondary N) is 3. The molecule has 8 nitrogen and oxygen atoms in total. The summed E-state index contributed by atoms with van der Waals surface area (Å²) in [5, 5.41) is 8.74. The first-order chi connectivity index (χ1) is 14.4. The van der Waals surface area contributed by atoms with E-state index in [1.165, 1.54) is 0 Å². The van der Waals surface area contributed by atoms with Crippen LogP contribution in [0.5, 0.6) is 0 Å². The Morgan fingerprint density at radius 1 is 1.20 bits per heavy atom. The van der Waals surface area contributed by atoms with Crippen molar-refractivity contribution in [1.29, 1.82) is 0 Å². The Morgan fingerprint density at radius 3 is 2.70 bits per heavy atom. The monoisotopic (exact) mass is 415 g/mol. The fourth-order valence-corrected chi connectivity index (χ4v) is 4.36. The minimum Gasteiger partial charge on any atom is -0.399 e. The molecule has 2 fully saturated rings. The lowest BCUT2D eigenvalue weighted by Crippen LogP contribution is -2.57. The van der Waals surface area contributed by atoms with Gasteiger partial charge in [0, 0.05) is 18.3 Å². The highest BCUT2D eigenvalue weighted by molar-refractivity contribution is 5.93. The van der Waals surface area contributed by atoms with E-state index >= 15 is 0 Å². The molecule has 0 aromatic heterocycles. The predicted octanol–water partition coefficient (Wildman–Crippen LogP) is 0.911. The molecule has 0 radical (unpaired) electrons. The molecular formula is C22H33N5O3. The van der Waals surface area contributed by atoms with Gasteiger partial charge in [-0.25, -0.2) is 0 Å². The zero-order valence-corrected chi connectivity index (χ0v) is 17.8. The standard InChI is InChI=1S/C22H33N5O3/c1-14(24-2)20(28)26-18-9-4-3-8-17-10-11-19(27(17)22(18)30)21(29)25-13-15-6-5-7-16(23)12-15/h5-7,12,14,17-19,24H,3-4,8-11,13,23H2,1-2H3,(H,25,29)(H,26,28)/t14-,17-,18-,19-/m0/s1. The van der Waals surface area contributed by atoms with Crippen molar-refractivity contribution in [3.05, 3.63) is 29.8 Å². The minimum absolute atomic E-state index is 0.0574. The molecule has 2 saturated heterocycles. The number of nitrogens with zero attached hydrogens (tertiary/aromatic N) is 1. The number of rotatable bonds is 6. The molecule has 2 aliphatic rings. The Kier molecular flexibility index (Phi) is 7.31. The molecule has 3 rings (SSSR count). The van der Waals surface area contributed by atoms with Crippen LogP contribution in [0.15, 0.2) is 24.3 Å². The predicted molar refractivity (Wildman–Crippen MR) is 115 cm³/mol. The number of carbonyl (C=O) groups is 3. The number of likely N-dealkylation sites (N-methyl/N-ethyl adjacent to an activating group) is 1. The van der Waals surface area contributed by atoms with Gasteiger partial charge in [0.25, 0.3) is 0 Å². The van der Waals surface area contributed by atoms with Gasteiger partial charge in [-0.3, -0.25) is 14.4 Å². The lowest BCUT2D eigenvalue weighted by molar-refractivity contribution is -0.144. The first-order valence-electron chi connectivity index (χ1n) is 10.8. The lowest BCUT2D eigenvalue weighted by Gasteiger charge is -2.35. The van der Waals surface area contributed by atoms with Gasteiger partial charge in [0.15, 0.2) is 0 Å². The van der Waals surface area contributed by atoms with E-state index in [-0.39, 0.29) is 29.8 Å². The number of amides is 3. The van der Waals surface area contributed by atoms with Crippen molar-refractivity contribution in [3.8, 4) is 0 Å². The van der Waals surface area contributed by atoms with Crippen LogP contribution in [0, 0.1) is 0 Å². The van der Waals surface area contributed by atoms with E-state index in [0.29, 0.717) is 25.1 Å². The van der Waals surface area contributed by atoms with E-state index in [2.05, 4.69) is 16.0 Å². The normalized spacial score (nSPS) is 25.1. The number of nitrogens with two attached hydrogens (primary N) is 1. The average Bonchev–Trinajstić information content (AvgIpc) is 3.15. The van der Waals surface area contributed by atoms with Crippen LogP contribution < -0.4 is 21.7 Å². The molecule has 0 saturated carbocycles. The third-order valence-electron chi connectivity index (χ3n) is 6.20. The maximum atomic E-state index is 13.4. The molecule has 0 bridgehead atoms. The smallest absolute Gasteiger partial charge is 0.246 e. The molecule has 1 aromatic rings. The molecule has 8 heteroatoms. The summed E-state index contributed by atoms with van der Waals surface area (Å²) in [5.74, 6) is -0.490. The van der Waals surface area contributed by atoms with E-state index < -0.39 is 12.1 Å². The van der Waals surface area contributed by atoms with Crippen LogP contribution in [0.4, 0.5) is 5.69 Å². The Hall–Kier alpha value is -2.61. The zero-order chi connectivity index (χ0) is 21.7. The second-order valence-electron chi connectivity index (χ2n) is 8.31. The minimum atomic E-state index is -0.585. The van der Waals surface area contributed by atoms with Gasteiger partial charge in [-0.2, -0.15) is 0 Å². The van der Waals surface area contributed by atoms with Crippen molar-refractivity contribution in [2.45, 2.75) is 76.2 Å². The molecule has 2 heterocycles. The van der Waals surface area contributed by atoms with Gasteiger partial charge in [-0.05, 0) is 57.4 Å². The average molecular weight is 416 g/mol. The molecule has 0 spiro atoms. The highest BCUT2D eigenvalue weighted by Gasteiger charge is 2.43.